The van der Waals surface area contributed by atoms with Crippen LogP contribution in [0, 0.1) is 5.92 Å². The first-order chi connectivity index (χ1) is 10.1. The van der Waals surface area contributed by atoms with Crippen LogP contribution in [0.1, 0.15) is 25.8 Å². The molecular weight excluding hydrogens is 391 g/mol. The standard InChI is InChI=1S/C16H24N4O.HI/c1-11-10-15(11)20-16(17-3)18-9-8-13-4-6-14(7-5-13)19-12(2)21;/h4-7,11,15H,8-10H2,1-3H3,(H,19,21)(H2,17,18,20);1H. The summed E-state index contributed by atoms with van der Waals surface area (Å²) < 4.78 is 0. The fraction of sp³-hybridized carbons (Fsp3) is 0.500. The third kappa shape index (κ3) is 6.21. The van der Waals surface area contributed by atoms with E-state index in [9.17, 15) is 4.79 Å². The van der Waals surface area contributed by atoms with E-state index in [1.54, 1.807) is 7.05 Å². The molecule has 1 saturated carbocycles. The third-order valence-electron chi connectivity index (χ3n) is 3.64. The van der Waals surface area contributed by atoms with Gasteiger partial charge in [-0.15, -0.1) is 24.0 Å². The predicted molar refractivity (Wildman–Crippen MR) is 102 cm³/mol. The fourth-order valence-corrected chi connectivity index (χ4v) is 2.18. The number of carbonyl (C=O) groups is 1. The van der Waals surface area contributed by atoms with Crippen LogP contribution in [-0.4, -0.2) is 31.5 Å². The highest BCUT2D eigenvalue weighted by molar-refractivity contribution is 14.0. The molecule has 0 spiro atoms. The van der Waals surface area contributed by atoms with Crippen LogP contribution in [-0.2, 0) is 11.2 Å². The van der Waals surface area contributed by atoms with Crippen LogP contribution in [0.2, 0.25) is 0 Å². The molecule has 0 saturated heterocycles. The van der Waals surface area contributed by atoms with Crippen molar-refractivity contribution in [2.45, 2.75) is 32.7 Å². The summed E-state index contributed by atoms with van der Waals surface area (Å²) >= 11 is 0. The third-order valence-corrected chi connectivity index (χ3v) is 3.64. The molecule has 1 aliphatic carbocycles. The van der Waals surface area contributed by atoms with Crippen LogP contribution in [0.25, 0.3) is 0 Å². The summed E-state index contributed by atoms with van der Waals surface area (Å²) in [5, 5.41) is 9.49. The van der Waals surface area contributed by atoms with Gasteiger partial charge in [-0.2, -0.15) is 0 Å². The number of nitrogens with one attached hydrogen (secondary N) is 3. The van der Waals surface area contributed by atoms with Crippen molar-refractivity contribution in [1.29, 1.82) is 0 Å². The first-order valence-corrected chi connectivity index (χ1v) is 7.42. The molecule has 2 atom stereocenters. The molecule has 1 aromatic carbocycles. The van der Waals surface area contributed by atoms with Crippen LogP contribution in [0.4, 0.5) is 5.69 Å². The molecule has 1 fully saturated rings. The molecule has 0 radical (unpaired) electrons. The minimum absolute atomic E-state index is 0. The molecule has 5 nitrogen and oxygen atoms in total. The molecule has 0 heterocycles. The molecule has 1 amide bonds. The summed E-state index contributed by atoms with van der Waals surface area (Å²) in [6.45, 7) is 4.58. The van der Waals surface area contributed by atoms with Crippen molar-refractivity contribution in [2.24, 2.45) is 10.9 Å². The van der Waals surface area contributed by atoms with E-state index in [0.29, 0.717) is 6.04 Å². The lowest BCUT2D eigenvalue weighted by atomic mass is 10.1. The van der Waals surface area contributed by atoms with Gasteiger partial charge in [0.1, 0.15) is 0 Å². The minimum atomic E-state index is -0.0476. The Balaban J connectivity index is 0.00000242. The molecule has 3 N–H and O–H groups in total. The van der Waals surface area contributed by atoms with Crippen molar-refractivity contribution in [1.82, 2.24) is 10.6 Å². The van der Waals surface area contributed by atoms with E-state index in [4.69, 9.17) is 0 Å². The van der Waals surface area contributed by atoms with Crippen LogP contribution < -0.4 is 16.0 Å². The zero-order valence-electron chi connectivity index (χ0n) is 13.3. The summed E-state index contributed by atoms with van der Waals surface area (Å²) in [7, 11) is 1.80. The molecule has 0 aliphatic heterocycles. The second kappa shape index (κ2) is 8.97. The summed E-state index contributed by atoms with van der Waals surface area (Å²) in [6.07, 6.45) is 2.15. The topological polar surface area (TPSA) is 65.5 Å². The summed E-state index contributed by atoms with van der Waals surface area (Å²) in [5.74, 6) is 1.58. The molecule has 6 heteroatoms. The maximum atomic E-state index is 11.0. The van der Waals surface area contributed by atoms with Gasteiger partial charge in [0.15, 0.2) is 5.96 Å². The van der Waals surface area contributed by atoms with E-state index in [2.05, 4.69) is 27.9 Å². The number of hydrogen-bond acceptors (Lipinski definition) is 2. The number of aliphatic imine (C=N–C) groups is 1. The van der Waals surface area contributed by atoms with Crippen LogP contribution in [0.3, 0.4) is 0 Å². The van der Waals surface area contributed by atoms with E-state index in [-0.39, 0.29) is 29.9 Å². The molecule has 1 aromatic rings. The number of halogens is 1. The van der Waals surface area contributed by atoms with E-state index in [0.717, 1.165) is 30.5 Å². The predicted octanol–water partition coefficient (Wildman–Crippen LogP) is 2.38. The number of carbonyl (C=O) groups excluding carboxylic acids is 1. The molecule has 0 bridgehead atoms. The zero-order chi connectivity index (χ0) is 15.2. The van der Waals surface area contributed by atoms with Gasteiger partial charge < -0.3 is 16.0 Å². The van der Waals surface area contributed by atoms with E-state index in [1.807, 2.05) is 24.3 Å². The van der Waals surface area contributed by atoms with E-state index >= 15 is 0 Å². The van der Waals surface area contributed by atoms with Crippen molar-refractivity contribution in [3.8, 4) is 0 Å². The van der Waals surface area contributed by atoms with Crippen molar-refractivity contribution < 1.29 is 4.79 Å². The van der Waals surface area contributed by atoms with Crippen LogP contribution in [0.15, 0.2) is 29.3 Å². The fourth-order valence-electron chi connectivity index (χ4n) is 2.18. The molecule has 2 rings (SSSR count). The highest BCUT2D eigenvalue weighted by Crippen LogP contribution is 2.28. The molecule has 0 aromatic heterocycles. The maximum absolute atomic E-state index is 11.0. The van der Waals surface area contributed by atoms with Crippen molar-refractivity contribution >= 4 is 41.5 Å². The largest absolute Gasteiger partial charge is 0.356 e. The van der Waals surface area contributed by atoms with Gasteiger partial charge in [0, 0.05) is 32.2 Å². The van der Waals surface area contributed by atoms with Crippen molar-refractivity contribution in [2.75, 3.05) is 18.9 Å². The first-order valence-electron chi connectivity index (χ1n) is 7.42. The average Bonchev–Trinajstić information content (AvgIpc) is 3.14. The van der Waals surface area contributed by atoms with Gasteiger partial charge in [-0.05, 0) is 36.5 Å². The number of benzene rings is 1. The number of rotatable bonds is 5. The number of nitrogens with zero attached hydrogens (tertiary/aromatic N) is 1. The zero-order valence-corrected chi connectivity index (χ0v) is 15.7. The Labute approximate surface area is 149 Å². The number of anilines is 1. The van der Waals surface area contributed by atoms with Crippen molar-refractivity contribution in [3.05, 3.63) is 29.8 Å². The number of hydrogen-bond donors (Lipinski definition) is 3. The van der Waals surface area contributed by atoms with E-state index < -0.39 is 0 Å². The molecular formula is C16H25IN4O. The van der Waals surface area contributed by atoms with Gasteiger partial charge in [-0.1, -0.05) is 19.1 Å². The second-order valence-corrected chi connectivity index (χ2v) is 5.59. The van der Waals surface area contributed by atoms with Gasteiger partial charge in [0.2, 0.25) is 5.91 Å². The van der Waals surface area contributed by atoms with Gasteiger partial charge in [0.05, 0.1) is 0 Å². The minimum Gasteiger partial charge on any atom is -0.356 e. The quantitative estimate of drug-likeness (QED) is 0.393. The Kier molecular flexibility index (Phi) is 7.64. The maximum Gasteiger partial charge on any atom is 0.221 e. The lowest BCUT2D eigenvalue weighted by Crippen LogP contribution is -2.39. The average molecular weight is 416 g/mol. The Morgan fingerprint density at radius 1 is 1.32 bits per heavy atom. The van der Waals surface area contributed by atoms with Crippen LogP contribution >= 0.6 is 24.0 Å². The normalized spacial score (nSPS) is 19.9. The van der Waals surface area contributed by atoms with Crippen LogP contribution in [0.5, 0.6) is 0 Å². The Hall–Kier alpha value is -1.31. The molecule has 122 valence electrons. The van der Waals surface area contributed by atoms with E-state index in [1.165, 1.54) is 18.9 Å². The SMILES string of the molecule is CN=C(NCCc1ccc(NC(C)=O)cc1)NC1CC1C.I. The Bertz CT molecular complexity index is 515. The van der Waals surface area contributed by atoms with Gasteiger partial charge in [-0.3, -0.25) is 9.79 Å². The lowest BCUT2D eigenvalue weighted by Gasteiger charge is -2.11. The first kappa shape index (κ1) is 18.7. The smallest absolute Gasteiger partial charge is 0.221 e. The highest BCUT2D eigenvalue weighted by Gasteiger charge is 2.33. The van der Waals surface area contributed by atoms with Gasteiger partial charge >= 0.3 is 0 Å². The van der Waals surface area contributed by atoms with Crippen molar-refractivity contribution in [3.63, 3.8) is 0 Å². The number of guanidine groups is 1. The molecule has 2 unspecified atom stereocenters. The van der Waals surface area contributed by atoms with Gasteiger partial charge in [-0.25, -0.2) is 0 Å². The highest BCUT2D eigenvalue weighted by atomic mass is 127. The summed E-state index contributed by atoms with van der Waals surface area (Å²) in [5.41, 5.74) is 2.06. The Morgan fingerprint density at radius 2 is 1.95 bits per heavy atom. The number of amides is 1. The summed E-state index contributed by atoms with van der Waals surface area (Å²) in [4.78, 5) is 15.2. The molecule has 1 aliphatic rings. The summed E-state index contributed by atoms with van der Waals surface area (Å²) in [6, 6.07) is 8.50. The lowest BCUT2D eigenvalue weighted by molar-refractivity contribution is -0.114. The monoisotopic (exact) mass is 416 g/mol. The van der Waals surface area contributed by atoms with Gasteiger partial charge in [0.25, 0.3) is 0 Å². The second-order valence-electron chi connectivity index (χ2n) is 5.59. The molecule has 22 heavy (non-hydrogen) atoms. The Morgan fingerprint density at radius 3 is 2.45 bits per heavy atom.